The van der Waals surface area contributed by atoms with Gasteiger partial charge in [0.05, 0.1) is 6.10 Å². The van der Waals surface area contributed by atoms with Crippen LogP contribution in [0.5, 0.6) is 5.75 Å². The number of benzene rings is 1. The lowest BCUT2D eigenvalue weighted by Gasteiger charge is -2.33. The van der Waals surface area contributed by atoms with Crippen LogP contribution >= 0.6 is 20.0 Å². The fraction of sp³-hybridized carbons (Fsp3) is 0.435. The highest BCUT2D eigenvalue weighted by Crippen LogP contribution is 2.46. The van der Waals surface area contributed by atoms with Gasteiger partial charge in [-0.15, -0.1) is 6.42 Å². The minimum Gasteiger partial charge on any atom is -0.462 e. The highest BCUT2D eigenvalue weighted by molar-refractivity contribution is 7.71. The maximum absolute atomic E-state index is 15.2. The number of hydrogen-bond acceptors (Lipinski definition) is 10. The van der Waals surface area contributed by atoms with Gasteiger partial charge in [0, 0.05) is 6.20 Å². The smallest absolute Gasteiger partial charge is 0.459 e. The summed E-state index contributed by atoms with van der Waals surface area (Å²) in [4.78, 5) is 26.8. The molecule has 12 nitrogen and oxygen atoms in total. The lowest BCUT2D eigenvalue weighted by molar-refractivity contribution is -0.350. The molecule has 0 radical (unpaired) electrons. The van der Waals surface area contributed by atoms with Gasteiger partial charge >= 0.3 is 25.4 Å². The van der Waals surface area contributed by atoms with Crippen LogP contribution in [0.15, 0.2) is 47.4 Å². The number of nitrogens with zero attached hydrogens (tertiary/aromatic N) is 1. The summed E-state index contributed by atoms with van der Waals surface area (Å²) in [5.74, 6) is 1.15. The summed E-state index contributed by atoms with van der Waals surface area (Å²) < 4.78 is 49.8. The third kappa shape index (κ3) is 9.14. The van der Waals surface area contributed by atoms with Gasteiger partial charge in [-0.05, 0) is 45.9 Å². The molecule has 5 atom stereocenters. The Morgan fingerprint density at radius 2 is 1.92 bits per heavy atom. The molecule has 0 spiro atoms. The predicted octanol–water partition coefficient (Wildman–Crippen LogP) is 2.55. The van der Waals surface area contributed by atoms with Crippen molar-refractivity contribution in [2.75, 3.05) is 6.61 Å². The standard InChI is InChI=1S/C23H29FN3O9PS/c1-6-22(5,30)20(27-13-12-18(38)25-21(27)29)35-23(24,31)14-33-37(32,36-17-10-8-7-9-11-17)26-16(4)19(28)34-15(2)3/h1,7-13,15-16,20,30-31H,14H2,2-5H3,(H,26,32)(H,25,29,38)/t16-,20+,22?,23-,37?/m0/s1. The number of carbonyl (C=O) groups is 1. The minimum absolute atomic E-state index is 0.0234. The molecule has 2 aromatic rings. The van der Waals surface area contributed by atoms with E-state index in [2.05, 4.69) is 10.1 Å². The van der Waals surface area contributed by atoms with Crippen molar-refractivity contribution in [3.8, 4) is 18.1 Å². The molecule has 1 aromatic heterocycles. The zero-order valence-electron chi connectivity index (χ0n) is 21.0. The molecular formula is C23H29FN3O9PS. The number of carbonyl (C=O) groups excluding carboxylic acids is 1. The van der Waals surface area contributed by atoms with Crippen molar-refractivity contribution < 1.29 is 42.5 Å². The number of esters is 1. The van der Waals surface area contributed by atoms with Gasteiger partial charge in [0.25, 0.3) is 0 Å². The molecule has 0 amide bonds. The Kier molecular flexibility index (Phi) is 10.5. The number of halogens is 1. The van der Waals surface area contributed by atoms with E-state index in [0.717, 1.165) is 13.1 Å². The van der Waals surface area contributed by atoms with Gasteiger partial charge < -0.3 is 19.5 Å². The summed E-state index contributed by atoms with van der Waals surface area (Å²) in [6, 6.07) is 3.78. The van der Waals surface area contributed by atoms with E-state index >= 15 is 4.39 Å². The highest BCUT2D eigenvalue weighted by atomic mass is 32.1. The Labute approximate surface area is 223 Å². The van der Waals surface area contributed by atoms with E-state index in [9.17, 15) is 24.4 Å². The lowest BCUT2D eigenvalue weighted by atomic mass is 10.1. The summed E-state index contributed by atoms with van der Waals surface area (Å²) in [6.45, 7) is 4.06. The Morgan fingerprint density at radius 1 is 1.29 bits per heavy atom. The molecule has 0 fully saturated rings. The van der Waals surface area contributed by atoms with Crippen molar-refractivity contribution in [2.45, 2.75) is 57.7 Å². The average Bonchev–Trinajstić information content (AvgIpc) is 2.82. The number of ether oxygens (including phenoxy) is 2. The fourth-order valence-corrected chi connectivity index (χ4v) is 4.47. The Balaban J connectivity index is 2.32. The zero-order valence-corrected chi connectivity index (χ0v) is 22.7. The van der Waals surface area contributed by atoms with Crippen LogP contribution in [0.1, 0.15) is 33.9 Å². The van der Waals surface area contributed by atoms with Crippen molar-refractivity contribution in [1.29, 1.82) is 0 Å². The summed E-state index contributed by atoms with van der Waals surface area (Å²) in [7, 11) is -4.59. The number of aromatic amines is 1. The predicted molar refractivity (Wildman–Crippen MR) is 136 cm³/mol. The number of hydrogen-bond donors (Lipinski definition) is 4. The normalized spacial score (nSPS) is 17.8. The first-order valence-corrected chi connectivity index (χ1v) is 13.1. The molecule has 2 rings (SSSR count). The van der Waals surface area contributed by atoms with Crippen molar-refractivity contribution in [1.82, 2.24) is 14.6 Å². The topological polar surface area (TPSA) is 161 Å². The molecule has 0 aliphatic rings. The number of H-pyrrole nitrogens is 1. The summed E-state index contributed by atoms with van der Waals surface area (Å²) >= 11 is 4.85. The molecule has 208 valence electrons. The fourth-order valence-electron chi connectivity index (χ4n) is 2.83. The summed E-state index contributed by atoms with van der Waals surface area (Å²) in [6.07, 6.45) is 3.88. The van der Waals surface area contributed by atoms with Gasteiger partial charge in [-0.25, -0.2) is 9.36 Å². The first-order valence-electron chi connectivity index (χ1n) is 11.2. The van der Waals surface area contributed by atoms with Gasteiger partial charge in [0.2, 0.25) is 0 Å². The largest absolute Gasteiger partial charge is 0.462 e. The van der Waals surface area contributed by atoms with E-state index in [1.807, 2.05) is 5.92 Å². The van der Waals surface area contributed by atoms with Gasteiger partial charge in [0.1, 0.15) is 23.0 Å². The third-order valence-electron chi connectivity index (χ3n) is 4.61. The number of aromatic nitrogens is 2. The third-order valence-corrected chi connectivity index (χ3v) is 6.47. The number of para-hydroxylation sites is 1. The Bertz CT molecular complexity index is 1310. The van der Waals surface area contributed by atoms with E-state index in [-0.39, 0.29) is 10.4 Å². The maximum atomic E-state index is 15.2. The van der Waals surface area contributed by atoms with E-state index in [1.165, 1.54) is 25.1 Å². The number of terminal acetylenes is 1. The molecule has 0 saturated carbocycles. The van der Waals surface area contributed by atoms with Crippen molar-refractivity contribution in [3.63, 3.8) is 0 Å². The molecule has 0 aliphatic heterocycles. The number of rotatable bonds is 13. The molecule has 38 heavy (non-hydrogen) atoms. The van der Waals surface area contributed by atoms with Gasteiger partial charge in [-0.2, -0.15) is 9.48 Å². The second kappa shape index (κ2) is 12.8. The van der Waals surface area contributed by atoms with Crippen LogP contribution in [-0.2, 0) is 23.4 Å². The van der Waals surface area contributed by atoms with Crippen molar-refractivity contribution in [3.05, 3.63) is 57.7 Å². The first kappa shape index (κ1) is 31.3. The van der Waals surface area contributed by atoms with Gasteiger partial charge in [0.15, 0.2) is 11.8 Å². The molecule has 0 saturated heterocycles. The molecule has 1 heterocycles. The van der Waals surface area contributed by atoms with Crippen LogP contribution in [0.3, 0.4) is 0 Å². The van der Waals surface area contributed by atoms with Crippen molar-refractivity contribution >= 4 is 25.9 Å². The van der Waals surface area contributed by atoms with Crippen LogP contribution in [0.25, 0.3) is 0 Å². The van der Waals surface area contributed by atoms with Crippen LogP contribution in [0.4, 0.5) is 4.39 Å². The molecule has 1 aromatic carbocycles. The van der Waals surface area contributed by atoms with Crippen LogP contribution in [-0.4, -0.2) is 56.1 Å². The molecular weight excluding hydrogens is 544 g/mol. The lowest BCUT2D eigenvalue weighted by Crippen LogP contribution is -2.47. The van der Waals surface area contributed by atoms with Crippen LogP contribution in [0, 0.1) is 17.0 Å². The zero-order chi connectivity index (χ0) is 28.7. The monoisotopic (exact) mass is 573 g/mol. The molecule has 2 unspecified atom stereocenters. The molecule has 0 aliphatic carbocycles. The minimum atomic E-state index is -4.59. The van der Waals surface area contributed by atoms with E-state index < -0.39 is 56.0 Å². The Morgan fingerprint density at radius 3 is 2.47 bits per heavy atom. The number of aliphatic hydroxyl groups is 2. The SMILES string of the molecule is C#CC(C)(O)[C@@H](O[C@](O)(F)COP(=O)(N[C@@H](C)C(=O)OC(C)C)Oc1ccccc1)n1ccc(=S)[nH]c1=O. The molecule has 4 N–H and O–H groups in total. The van der Waals surface area contributed by atoms with Gasteiger partial charge in [-0.3, -0.25) is 23.6 Å². The Hall–Kier alpha value is -2.89. The number of nitrogens with one attached hydrogen (secondary N) is 2. The maximum Gasteiger partial charge on any atom is 0.459 e. The highest BCUT2D eigenvalue weighted by Gasteiger charge is 2.44. The molecule has 15 heteroatoms. The van der Waals surface area contributed by atoms with E-state index in [0.29, 0.717) is 4.57 Å². The summed E-state index contributed by atoms with van der Waals surface area (Å²) in [5, 5.41) is 23.2. The second-order valence-electron chi connectivity index (χ2n) is 8.48. The van der Waals surface area contributed by atoms with E-state index in [4.69, 9.17) is 37.2 Å². The van der Waals surface area contributed by atoms with Crippen molar-refractivity contribution in [2.24, 2.45) is 0 Å². The number of alkyl halides is 1. The van der Waals surface area contributed by atoms with Crippen LogP contribution < -0.4 is 15.3 Å². The summed E-state index contributed by atoms with van der Waals surface area (Å²) in [5.41, 5.74) is -3.27. The second-order valence-corrected chi connectivity index (χ2v) is 10.6. The average molecular weight is 574 g/mol. The molecule has 0 bridgehead atoms. The first-order chi connectivity index (χ1) is 17.6. The quantitative estimate of drug-likeness (QED) is 0.0916. The van der Waals surface area contributed by atoms with E-state index in [1.54, 1.807) is 32.0 Å². The van der Waals surface area contributed by atoms with Gasteiger partial charge in [-0.1, -0.05) is 36.3 Å². The van der Waals surface area contributed by atoms with Crippen LogP contribution in [0.2, 0.25) is 0 Å².